The van der Waals surface area contributed by atoms with Gasteiger partial charge < -0.3 is 28.5 Å². The second-order valence-corrected chi connectivity index (χ2v) is 10.5. The average Bonchev–Trinajstić information content (AvgIpc) is 3.41. The minimum absolute atomic E-state index is 0.0170. The maximum atomic E-state index is 13.4. The number of sulfonamides is 1. The van der Waals surface area contributed by atoms with Crippen molar-refractivity contribution in [2.75, 3.05) is 57.1 Å². The molecule has 0 bridgehead atoms. The molecule has 41 heavy (non-hydrogen) atoms. The van der Waals surface area contributed by atoms with Crippen molar-refractivity contribution in [3.63, 3.8) is 0 Å². The highest BCUT2D eigenvalue weighted by Gasteiger charge is 2.29. The molecule has 2 aromatic carbocycles. The van der Waals surface area contributed by atoms with Crippen LogP contribution in [0.1, 0.15) is 0 Å². The SMILES string of the molecule is C#CC(=O)N1CCN(c2cccc(-c3nc(OC)c4c(NS(=O)(=O)c5c(OC)cccc5OC)noc4n3)c2)CC1. The van der Waals surface area contributed by atoms with E-state index in [1.54, 1.807) is 11.0 Å². The van der Waals surface area contributed by atoms with E-state index in [1.165, 1.54) is 33.5 Å². The average molecular weight is 579 g/mol. The number of nitrogens with zero attached hydrogens (tertiary/aromatic N) is 5. The van der Waals surface area contributed by atoms with Crippen molar-refractivity contribution in [1.29, 1.82) is 0 Å². The van der Waals surface area contributed by atoms with Crippen LogP contribution >= 0.6 is 0 Å². The van der Waals surface area contributed by atoms with Crippen LogP contribution in [0.3, 0.4) is 0 Å². The quantitative estimate of drug-likeness (QED) is 0.307. The Morgan fingerprint density at radius 3 is 2.32 bits per heavy atom. The van der Waals surface area contributed by atoms with E-state index in [9.17, 15) is 13.2 Å². The molecule has 1 amide bonds. The lowest BCUT2D eigenvalue weighted by molar-refractivity contribution is -0.125. The summed E-state index contributed by atoms with van der Waals surface area (Å²) in [6.45, 7) is 2.26. The maximum absolute atomic E-state index is 13.4. The molecule has 2 aromatic heterocycles. The van der Waals surface area contributed by atoms with Gasteiger partial charge in [-0.25, -0.2) is 8.42 Å². The lowest BCUT2D eigenvalue weighted by atomic mass is 10.1. The zero-order valence-corrected chi connectivity index (χ0v) is 23.3. The van der Waals surface area contributed by atoms with E-state index in [2.05, 4.69) is 30.7 Å². The summed E-state index contributed by atoms with van der Waals surface area (Å²) in [5.74, 6) is 2.19. The highest BCUT2D eigenvalue weighted by atomic mass is 32.2. The van der Waals surface area contributed by atoms with Gasteiger partial charge in [-0.2, -0.15) is 9.97 Å². The Kier molecular flexibility index (Phi) is 7.54. The number of terminal acetylenes is 1. The minimum atomic E-state index is -4.25. The van der Waals surface area contributed by atoms with Crippen LogP contribution in [0.5, 0.6) is 17.4 Å². The van der Waals surface area contributed by atoms with Crippen LogP contribution in [0, 0.1) is 12.3 Å². The number of carbonyl (C=O) groups excluding carboxylic acids is 1. The number of carbonyl (C=O) groups is 1. The number of anilines is 2. The lowest BCUT2D eigenvalue weighted by Gasteiger charge is -2.35. The van der Waals surface area contributed by atoms with Crippen LogP contribution in [0.4, 0.5) is 11.5 Å². The fourth-order valence-corrected chi connectivity index (χ4v) is 5.86. The first kappa shape index (κ1) is 27.5. The molecule has 0 unspecified atom stereocenters. The predicted molar refractivity (Wildman–Crippen MR) is 150 cm³/mol. The molecule has 3 heterocycles. The number of nitrogens with one attached hydrogen (secondary N) is 1. The molecule has 0 radical (unpaired) electrons. The van der Waals surface area contributed by atoms with E-state index in [4.69, 9.17) is 25.2 Å². The zero-order chi connectivity index (χ0) is 29.1. The molecule has 0 spiro atoms. The monoisotopic (exact) mass is 578 g/mol. The molecule has 1 fully saturated rings. The number of piperazine rings is 1. The van der Waals surface area contributed by atoms with Crippen LogP contribution in [-0.4, -0.2) is 81.9 Å². The summed E-state index contributed by atoms with van der Waals surface area (Å²) in [5.41, 5.74) is 1.60. The van der Waals surface area contributed by atoms with Crippen LogP contribution in [0.15, 0.2) is 51.9 Å². The van der Waals surface area contributed by atoms with Gasteiger partial charge in [0.15, 0.2) is 16.5 Å². The third-order valence-corrected chi connectivity index (χ3v) is 7.94. The molecule has 0 saturated carbocycles. The van der Waals surface area contributed by atoms with E-state index in [0.717, 1.165) is 5.69 Å². The molecule has 1 N–H and O–H groups in total. The van der Waals surface area contributed by atoms with Crippen molar-refractivity contribution in [3.8, 4) is 41.1 Å². The van der Waals surface area contributed by atoms with Gasteiger partial charge in [0.1, 0.15) is 16.9 Å². The van der Waals surface area contributed by atoms with E-state index >= 15 is 0 Å². The first-order chi connectivity index (χ1) is 19.8. The summed E-state index contributed by atoms with van der Waals surface area (Å²) in [5, 5.41) is 4.03. The molecule has 0 atom stereocenters. The number of aromatic nitrogens is 3. The third kappa shape index (κ3) is 5.27. The Morgan fingerprint density at radius 1 is 1.00 bits per heavy atom. The summed E-state index contributed by atoms with van der Waals surface area (Å²) < 4.78 is 50.6. The first-order valence-corrected chi connectivity index (χ1v) is 13.8. The smallest absolute Gasteiger partial charge is 0.298 e. The van der Waals surface area contributed by atoms with E-state index in [0.29, 0.717) is 31.7 Å². The standard InChI is InChI=1S/C27H26N6O7S/c1-5-21(34)33-14-12-32(13-15-33)18-9-6-8-17(16-18)24-28-26(39-4)22-25(30-40-27(22)29-24)31-41(35,36)23-19(37-2)10-7-11-20(23)38-3/h1,6-11,16H,12-15H2,2-4H3,(H,30,31). The van der Waals surface area contributed by atoms with E-state index in [1.807, 2.05) is 24.3 Å². The van der Waals surface area contributed by atoms with Gasteiger partial charge >= 0.3 is 0 Å². The number of amides is 1. The van der Waals surface area contributed by atoms with Gasteiger partial charge in [0.2, 0.25) is 5.88 Å². The molecule has 4 aromatic rings. The Balaban J connectivity index is 1.46. The molecule has 1 aliphatic rings. The van der Waals surface area contributed by atoms with Crippen molar-refractivity contribution < 1.29 is 31.9 Å². The molecule has 1 saturated heterocycles. The second-order valence-electron chi connectivity index (χ2n) is 8.84. The highest BCUT2D eigenvalue weighted by molar-refractivity contribution is 7.93. The predicted octanol–water partition coefficient (Wildman–Crippen LogP) is 2.39. The van der Waals surface area contributed by atoms with Gasteiger partial charge in [-0.05, 0) is 30.2 Å². The molecular formula is C27H26N6O7S. The van der Waals surface area contributed by atoms with Crippen LogP contribution in [-0.2, 0) is 14.8 Å². The van der Waals surface area contributed by atoms with Gasteiger partial charge in [-0.3, -0.25) is 9.52 Å². The molecule has 1 aliphatic heterocycles. The second kappa shape index (κ2) is 11.2. The number of methoxy groups -OCH3 is 3. The zero-order valence-electron chi connectivity index (χ0n) is 22.4. The van der Waals surface area contributed by atoms with Crippen LogP contribution in [0.2, 0.25) is 0 Å². The maximum Gasteiger partial charge on any atom is 0.298 e. The largest absolute Gasteiger partial charge is 0.495 e. The van der Waals surface area contributed by atoms with Crippen LogP contribution < -0.4 is 23.8 Å². The van der Waals surface area contributed by atoms with Crippen molar-refractivity contribution in [3.05, 3.63) is 42.5 Å². The summed E-state index contributed by atoms with van der Waals surface area (Å²) in [7, 11) is -0.147. The lowest BCUT2D eigenvalue weighted by Crippen LogP contribution is -2.48. The van der Waals surface area contributed by atoms with Crippen LogP contribution in [0.25, 0.3) is 22.5 Å². The van der Waals surface area contributed by atoms with Gasteiger partial charge in [-0.15, -0.1) is 6.42 Å². The molecule has 212 valence electrons. The Bertz CT molecular complexity index is 1740. The fourth-order valence-electron chi connectivity index (χ4n) is 4.53. The van der Waals surface area contributed by atoms with Crippen molar-refractivity contribution in [2.45, 2.75) is 4.90 Å². The Labute approximate surface area is 236 Å². The number of fused-ring (bicyclic) bond motifs is 1. The molecule has 14 heteroatoms. The minimum Gasteiger partial charge on any atom is -0.495 e. The summed E-state index contributed by atoms with van der Waals surface area (Å²) in [6.07, 6.45) is 5.24. The van der Waals surface area contributed by atoms with Gasteiger partial charge in [0.25, 0.3) is 21.6 Å². The number of rotatable bonds is 8. The fraction of sp³-hybridized carbons (Fsp3) is 0.259. The number of hydrogen-bond donors (Lipinski definition) is 1. The topological polar surface area (TPSA) is 149 Å². The Hall–Kier alpha value is -5.03. The van der Waals surface area contributed by atoms with Gasteiger partial charge in [0.05, 0.1) is 21.3 Å². The van der Waals surface area contributed by atoms with Gasteiger partial charge in [-0.1, -0.05) is 23.4 Å². The first-order valence-electron chi connectivity index (χ1n) is 12.4. The third-order valence-electron chi connectivity index (χ3n) is 6.54. The molecular weight excluding hydrogens is 552 g/mol. The number of benzene rings is 2. The summed E-state index contributed by atoms with van der Waals surface area (Å²) in [4.78, 5) is 24.4. The number of ether oxygens (including phenoxy) is 3. The normalized spacial score (nSPS) is 13.5. The molecule has 5 rings (SSSR count). The highest BCUT2D eigenvalue weighted by Crippen LogP contribution is 2.37. The Morgan fingerprint density at radius 2 is 1.68 bits per heavy atom. The summed E-state index contributed by atoms with van der Waals surface area (Å²) >= 11 is 0. The van der Waals surface area contributed by atoms with E-state index in [-0.39, 0.29) is 50.9 Å². The van der Waals surface area contributed by atoms with Crippen molar-refractivity contribution in [2.24, 2.45) is 0 Å². The van der Waals surface area contributed by atoms with E-state index < -0.39 is 10.0 Å². The van der Waals surface area contributed by atoms with Crippen molar-refractivity contribution in [1.82, 2.24) is 20.0 Å². The van der Waals surface area contributed by atoms with Crippen molar-refractivity contribution >= 4 is 38.5 Å². The number of hydrogen-bond acceptors (Lipinski definition) is 11. The molecule has 0 aliphatic carbocycles. The van der Waals surface area contributed by atoms with Gasteiger partial charge in [0, 0.05) is 37.4 Å². The summed E-state index contributed by atoms with van der Waals surface area (Å²) in [6, 6.07) is 12.2. The molecule has 13 nitrogen and oxygen atoms in total.